The minimum Gasteiger partial charge on any atom is -0.314 e. The Morgan fingerprint density at radius 1 is 1.05 bits per heavy atom. The molecule has 1 aromatic carbocycles. The van der Waals surface area contributed by atoms with Crippen molar-refractivity contribution < 1.29 is 8.78 Å². The van der Waals surface area contributed by atoms with Gasteiger partial charge in [-0.05, 0) is 48.9 Å². The summed E-state index contributed by atoms with van der Waals surface area (Å²) in [7, 11) is 0. The molecule has 1 unspecified atom stereocenters. The quantitative estimate of drug-likeness (QED) is 0.783. The minimum absolute atomic E-state index is 0.444. The Morgan fingerprint density at radius 3 is 2.26 bits per heavy atom. The summed E-state index contributed by atoms with van der Waals surface area (Å²) in [6.45, 7) is 9.52. The van der Waals surface area contributed by atoms with Crippen molar-refractivity contribution in [2.24, 2.45) is 11.8 Å². The van der Waals surface area contributed by atoms with E-state index in [4.69, 9.17) is 0 Å². The molecule has 1 N–H and O–H groups in total. The lowest BCUT2D eigenvalue weighted by molar-refractivity contribution is 0.372. The predicted molar refractivity (Wildman–Crippen MR) is 76.1 cm³/mol. The topological polar surface area (TPSA) is 12.0 Å². The van der Waals surface area contributed by atoms with Crippen molar-refractivity contribution in [1.29, 1.82) is 0 Å². The first-order valence-corrected chi connectivity index (χ1v) is 7.05. The van der Waals surface area contributed by atoms with E-state index in [1.807, 2.05) is 0 Å². The molecule has 0 radical (unpaired) electrons. The van der Waals surface area contributed by atoms with Gasteiger partial charge in [-0.3, -0.25) is 0 Å². The third-order valence-corrected chi connectivity index (χ3v) is 3.13. The summed E-state index contributed by atoms with van der Waals surface area (Å²) >= 11 is 0. The van der Waals surface area contributed by atoms with Crippen LogP contribution >= 0.6 is 0 Å². The zero-order valence-corrected chi connectivity index (χ0v) is 12.3. The molecule has 0 bridgehead atoms. The van der Waals surface area contributed by atoms with Crippen LogP contribution in [-0.4, -0.2) is 12.6 Å². The number of rotatable bonds is 7. The standard InChI is InChI=1S/C16H25F2N/c1-11(2)7-14(10-19-12(3)4)8-13-5-6-15(17)16(18)9-13/h5-6,9,11-12,14,19H,7-8,10H2,1-4H3. The Balaban J connectivity index is 2.66. The lowest BCUT2D eigenvalue weighted by Gasteiger charge is -2.21. The molecule has 0 aliphatic carbocycles. The van der Waals surface area contributed by atoms with Gasteiger partial charge in [0.25, 0.3) is 0 Å². The van der Waals surface area contributed by atoms with Crippen LogP contribution in [0.5, 0.6) is 0 Å². The summed E-state index contributed by atoms with van der Waals surface area (Å²) in [5, 5.41) is 3.43. The monoisotopic (exact) mass is 269 g/mol. The lowest BCUT2D eigenvalue weighted by atomic mass is 9.90. The van der Waals surface area contributed by atoms with Crippen molar-refractivity contribution in [3.63, 3.8) is 0 Å². The van der Waals surface area contributed by atoms with Gasteiger partial charge in [0.2, 0.25) is 0 Å². The van der Waals surface area contributed by atoms with Crippen LogP contribution in [0.1, 0.15) is 39.7 Å². The van der Waals surface area contributed by atoms with Gasteiger partial charge in [0.1, 0.15) is 0 Å². The zero-order chi connectivity index (χ0) is 14.4. The maximum Gasteiger partial charge on any atom is 0.159 e. The summed E-state index contributed by atoms with van der Waals surface area (Å²) in [6.07, 6.45) is 1.87. The van der Waals surface area contributed by atoms with Crippen LogP contribution < -0.4 is 5.32 Å². The summed E-state index contributed by atoms with van der Waals surface area (Å²) < 4.78 is 26.1. The first kappa shape index (κ1) is 16.1. The molecule has 108 valence electrons. The number of hydrogen-bond donors (Lipinski definition) is 1. The summed E-state index contributed by atoms with van der Waals surface area (Å²) in [5.74, 6) is -0.474. The second-order valence-electron chi connectivity index (χ2n) is 6.01. The van der Waals surface area contributed by atoms with Gasteiger partial charge in [0, 0.05) is 6.04 Å². The molecule has 0 saturated heterocycles. The smallest absolute Gasteiger partial charge is 0.159 e. The van der Waals surface area contributed by atoms with E-state index in [0.29, 0.717) is 17.9 Å². The maximum absolute atomic E-state index is 13.2. The normalized spacial score (nSPS) is 13.3. The lowest BCUT2D eigenvalue weighted by Crippen LogP contribution is -2.30. The van der Waals surface area contributed by atoms with Crippen molar-refractivity contribution in [2.75, 3.05) is 6.54 Å². The van der Waals surface area contributed by atoms with E-state index >= 15 is 0 Å². The average Bonchev–Trinajstić information content (AvgIpc) is 2.30. The minimum atomic E-state index is -0.774. The maximum atomic E-state index is 13.2. The molecule has 0 heterocycles. The fraction of sp³-hybridized carbons (Fsp3) is 0.625. The molecule has 3 heteroatoms. The molecular weight excluding hydrogens is 244 g/mol. The molecule has 19 heavy (non-hydrogen) atoms. The van der Waals surface area contributed by atoms with Gasteiger partial charge in [-0.15, -0.1) is 0 Å². The average molecular weight is 269 g/mol. The second kappa shape index (κ2) is 7.59. The molecule has 0 aliphatic heterocycles. The highest BCUT2D eigenvalue weighted by atomic mass is 19.2. The van der Waals surface area contributed by atoms with E-state index < -0.39 is 11.6 Å². The third-order valence-electron chi connectivity index (χ3n) is 3.13. The fourth-order valence-corrected chi connectivity index (χ4v) is 2.31. The zero-order valence-electron chi connectivity index (χ0n) is 12.3. The van der Waals surface area contributed by atoms with E-state index in [1.165, 1.54) is 12.1 Å². The molecule has 0 spiro atoms. The highest BCUT2D eigenvalue weighted by Crippen LogP contribution is 2.18. The SMILES string of the molecule is CC(C)CC(CNC(C)C)Cc1ccc(F)c(F)c1. The second-order valence-corrected chi connectivity index (χ2v) is 6.01. The molecule has 0 amide bonds. The van der Waals surface area contributed by atoms with Gasteiger partial charge in [-0.25, -0.2) is 8.78 Å². The molecule has 1 nitrogen and oxygen atoms in total. The molecular formula is C16H25F2N. The number of benzene rings is 1. The van der Waals surface area contributed by atoms with Crippen molar-refractivity contribution in [2.45, 2.75) is 46.6 Å². The first-order chi connectivity index (χ1) is 8.88. The van der Waals surface area contributed by atoms with Gasteiger partial charge < -0.3 is 5.32 Å². The van der Waals surface area contributed by atoms with E-state index in [-0.39, 0.29) is 0 Å². The predicted octanol–water partition coefficient (Wildman–Crippen LogP) is 4.17. The Labute approximate surface area is 115 Å². The third kappa shape index (κ3) is 6.15. The Morgan fingerprint density at radius 2 is 1.74 bits per heavy atom. The Bertz CT molecular complexity index is 388. The number of hydrogen-bond acceptors (Lipinski definition) is 1. The van der Waals surface area contributed by atoms with Crippen molar-refractivity contribution in [3.05, 3.63) is 35.4 Å². The van der Waals surface area contributed by atoms with Crippen LogP contribution in [0.2, 0.25) is 0 Å². The largest absolute Gasteiger partial charge is 0.314 e. The summed E-state index contributed by atoms with van der Waals surface area (Å²) in [5.41, 5.74) is 0.870. The van der Waals surface area contributed by atoms with Gasteiger partial charge in [-0.2, -0.15) is 0 Å². The highest BCUT2D eigenvalue weighted by molar-refractivity contribution is 5.18. The Hall–Kier alpha value is -0.960. The van der Waals surface area contributed by atoms with Crippen molar-refractivity contribution >= 4 is 0 Å². The van der Waals surface area contributed by atoms with Crippen LogP contribution in [0.15, 0.2) is 18.2 Å². The molecule has 0 aromatic heterocycles. The van der Waals surface area contributed by atoms with Gasteiger partial charge in [0.05, 0.1) is 0 Å². The Kier molecular flexibility index (Phi) is 6.43. The van der Waals surface area contributed by atoms with Crippen LogP contribution in [0.3, 0.4) is 0 Å². The molecule has 1 rings (SSSR count). The van der Waals surface area contributed by atoms with E-state index in [2.05, 4.69) is 33.0 Å². The van der Waals surface area contributed by atoms with Crippen LogP contribution in [0.4, 0.5) is 8.78 Å². The molecule has 0 saturated carbocycles. The molecule has 0 aliphatic rings. The number of halogens is 2. The van der Waals surface area contributed by atoms with E-state index in [1.54, 1.807) is 6.07 Å². The van der Waals surface area contributed by atoms with Crippen LogP contribution in [0.25, 0.3) is 0 Å². The molecule has 1 aromatic rings. The van der Waals surface area contributed by atoms with E-state index in [9.17, 15) is 8.78 Å². The van der Waals surface area contributed by atoms with Crippen LogP contribution in [0, 0.1) is 23.5 Å². The van der Waals surface area contributed by atoms with E-state index in [0.717, 1.165) is 24.9 Å². The van der Waals surface area contributed by atoms with Gasteiger partial charge >= 0.3 is 0 Å². The van der Waals surface area contributed by atoms with Crippen molar-refractivity contribution in [1.82, 2.24) is 5.32 Å². The summed E-state index contributed by atoms with van der Waals surface area (Å²) in [4.78, 5) is 0. The van der Waals surface area contributed by atoms with Gasteiger partial charge in [-0.1, -0.05) is 33.8 Å². The molecule has 0 fully saturated rings. The fourth-order valence-electron chi connectivity index (χ4n) is 2.31. The summed E-state index contributed by atoms with van der Waals surface area (Å²) in [6, 6.07) is 4.66. The molecule has 1 atom stereocenters. The first-order valence-electron chi connectivity index (χ1n) is 7.05. The van der Waals surface area contributed by atoms with Gasteiger partial charge in [0.15, 0.2) is 11.6 Å². The highest BCUT2D eigenvalue weighted by Gasteiger charge is 2.13. The van der Waals surface area contributed by atoms with Crippen LogP contribution in [-0.2, 0) is 6.42 Å². The number of nitrogens with one attached hydrogen (secondary N) is 1. The van der Waals surface area contributed by atoms with Crippen molar-refractivity contribution in [3.8, 4) is 0 Å².